The van der Waals surface area contributed by atoms with Crippen LogP contribution in [-0.2, 0) is 23.8 Å². The van der Waals surface area contributed by atoms with Crippen molar-refractivity contribution < 1.29 is 23.8 Å². The SMILES string of the molecule is CC/C=C\C/C=C\C/C=C\C/C=C\CCC(=O)OCC(COCCCCCCCC/C=C\CCCCCC)OC(=O)CCCCCCC. The van der Waals surface area contributed by atoms with Gasteiger partial charge in [-0.2, -0.15) is 0 Å². The molecule has 0 aromatic carbocycles. The lowest BCUT2D eigenvalue weighted by Crippen LogP contribution is -2.30. The number of carbonyl (C=O) groups excluding carboxylic acids is 2. The number of rotatable bonds is 35. The van der Waals surface area contributed by atoms with Crippen molar-refractivity contribution in [1.29, 1.82) is 0 Å². The van der Waals surface area contributed by atoms with Crippen molar-refractivity contribution in [2.75, 3.05) is 19.8 Å². The van der Waals surface area contributed by atoms with E-state index in [-0.39, 0.29) is 25.2 Å². The van der Waals surface area contributed by atoms with E-state index in [1.54, 1.807) is 0 Å². The van der Waals surface area contributed by atoms with Crippen LogP contribution in [0.4, 0.5) is 0 Å². The van der Waals surface area contributed by atoms with Crippen LogP contribution in [0.3, 0.4) is 0 Å². The molecule has 1 atom stereocenters. The zero-order valence-corrected chi connectivity index (χ0v) is 31.5. The van der Waals surface area contributed by atoms with E-state index in [1.807, 2.05) is 6.08 Å². The van der Waals surface area contributed by atoms with Gasteiger partial charge in [0.1, 0.15) is 6.61 Å². The maximum Gasteiger partial charge on any atom is 0.306 e. The van der Waals surface area contributed by atoms with Gasteiger partial charge < -0.3 is 14.2 Å². The summed E-state index contributed by atoms with van der Waals surface area (Å²) in [5.41, 5.74) is 0. The summed E-state index contributed by atoms with van der Waals surface area (Å²) < 4.78 is 17.0. The van der Waals surface area contributed by atoms with E-state index in [9.17, 15) is 9.59 Å². The highest BCUT2D eigenvalue weighted by atomic mass is 16.6. The molecule has 0 saturated heterocycles. The normalized spacial score (nSPS) is 12.8. The van der Waals surface area contributed by atoms with Gasteiger partial charge in [0.2, 0.25) is 0 Å². The molecule has 0 amide bonds. The predicted molar refractivity (Wildman–Crippen MR) is 205 cm³/mol. The second-order valence-electron chi connectivity index (χ2n) is 12.8. The monoisotopic (exact) mass is 671 g/mol. The molecular formula is C43H74O5. The quantitative estimate of drug-likeness (QED) is 0.0381. The van der Waals surface area contributed by atoms with Gasteiger partial charge in [0.25, 0.3) is 0 Å². The molecule has 0 radical (unpaired) electrons. The molecule has 0 aromatic heterocycles. The Morgan fingerprint density at radius 1 is 0.479 bits per heavy atom. The summed E-state index contributed by atoms with van der Waals surface area (Å²) in [7, 11) is 0. The highest BCUT2D eigenvalue weighted by Gasteiger charge is 2.17. The van der Waals surface area contributed by atoms with Crippen LogP contribution in [0.5, 0.6) is 0 Å². The van der Waals surface area contributed by atoms with Gasteiger partial charge in [-0.05, 0) is 70.6 Å². The lowest BCUT2D eigenvalue weighted by atomic mass is 10.1. The molecule has 276 valence electrons. The van der Waals surface area contributed by atoms with E-state index in [1.165, 1.54) is 77.0 Å². The minimum absolute atomic E-state index is 0.0435. The van der Waals surface area contributed by atoms with Crippen molar-refractivity contribution in [2.45, 2.75) is 181 Å². The number of allylic oxidation sites excluding steroid dienone is 10. The third kappa shape index (κ3) is 36.4. The molecule has 5 nitrogen and oxygen atoms in total. The van der Waals surface area contributed by atoms with Gasteiger partial charge in [-0.1, -0.05) is 152 Å². The van der Waals surface area contributed by atoms with Gasteiger partial charge in [-0.25, -0.2) is 0 Å². The molecule has 0 rings (SSSR count). The second-order valence-corrected chi connectivity index (χ2v) is 12.8. The van der Waals surface area contributed by atoms with E-state index in [2.05, 4.69) is 75.5 Å². The number of ether oxygens (including phenoxy) is 3. The number of esters is 2. The molecule has 0 fully saturated rings. The average molecular weight is 671 g/mol. The molecule has 0 saturated carbocycles. The summed E-state index contributed by atoms with van der Waals surface area (Å²) in [6, 6.07) is 0. The molecule has 48 heavy (non-hydrogen) atoms. The Bertz CT molecular complexity index is 853. The number of carbonyl (C=O) groups is 2. The summed E-state index contributed by atoms with van der Waals surface area (Å²) in [5.74, 6) is -0.511. The van der Waals surface area contributed by atoms with Crippen LogP contribution in [0.15, 0.2) is 60.8 Å². The fourth-order valence-electron chi connectivity index (χ4n) is 5.10. The van der Waals surface area contributed by atoms with Crippen molar-refractivity contribution in [3.8, 4) is 0 Å². The molecule has 0 aliphatic rings. The van der Waals surface area contributed by atoms with Gasteiger partial charge >= 0.3 is 11.9 Å². The Balaban J connectivity index is 4.23. The molecular weight excluding hydrogens is 596 g/mol. The largest absolute Gasteiger partial charge is 0.462 e. The Kier molecular flexibility index (Phi) is 37.1. The van der Waals surface area contributed by atoms with Crippen LogP contribution in [0.1, 0.15) is 175 Å². The smallest absolute Gasteiger partial charge is 0.306 e. The lowest BCUT2D eigenvalue weighted by Gasteiger charge is -2.18. The molecule has 0 aromatic rings. The average Bonchev–Trinajstić information content (AvgIpc) is 3.08. The topological polar surface area (TPSA) is 61.8 Å². The second kappa shape index (κ2) is 39.0. The van der Waals surface area contributed by atoms with Crippen LogP contribution in [0.2, 0.25) is 0 Å². The fraction of sp³-hybridized carbons (Fsp3) is 0.721. The first-order valence-electron chi connectivity index (χ1n) is 19.8. The van der Waals surface area contributed by atoms with E-state index in [0.717, 1.165) is 57.8 Å². The highest BCUT2D eigenvalue weighted by molar-refractivity contribution is 5.70. The van der Waals surface area contributed by atoms with E-state index >= 15 is 0 Å². The van der Waals surface area contributed by atoms with Crippen LogP contribution in [0, 0.1) is 0 Å². The van der Waals surface area contributed by atoms with Gasteiger partial charge in [0.15, 0.2) is 6.10 Å². The first kappa shape index (κ1) is 45.6. The Labute approximate surface area is 296 Å². The summed E-state index contributed by atoms with van der Waals surface area (Å²) in [4.78, 5) is 24.8. The summed E-state index contributed by atoms with van der Waals surface area (Å²) in [6.07, 6.45) is 46.8. The van der Waals surface area contributed by atoms with Gasteiger partial charge in [0.05, 0.1) is 6.61 Å². The van der Waals surface area contributed by atoms with Gasteiger partial charge in [0, 0.05) is 19.4 Å². The van der Waals surface area contributed by atoms with Crippen molar-refractivity contribution in [3.63, 3.8) is 0 Å². The molecule has 0 N–H and O–H groups in total. The maximum atomic E-state index is 12.5. The first-order chi connectivity index (χ1) is 23.6. The van der Waals surface area contributed by atoms with Gasteiger partial charge in [-0.3, -0.25) is 9.59 Å². The van der Waals surface area contributed by atoms with Crippen molar-refractivity contribution in [2.24, 2.45) is 0 Å². The molecule has 1 unspecified atom stereocenters. The van der Waals surface area contributed by atoms with E-state index in [0.29, 0.717) is 25.9 Å². The minimum atomic E-state index is -0.561. The minimum Gasteiger partial charge on any atom is -0.462 e. The molecule has 0 aliphatic carbocycles. The van der Waals surface area contributed by atoms with Crippen molar-refractivity contribution in [3.05, 3.63) is 60.8 Å². The first-order valence-corrected chi connectivity index (χ1v) is 19.8. The predicted octanol–water partition coefficient (Wildman–Crippen LogP) is 12.7. The van der Waals surface area contributed by atoms with E-state index < -0.39 is 6.10 Å². The third-order valence-corrected chi connectivity index (χ3v) is 8.05. The van der Waals surface area contributed by atoms with Crippen LogP contribution in [0.25, 0.3) is 0 Å². The molecule has 0 bridgehead atoms. The Morgan fingerprint density at radius 2 is 0.979 bits per heavy atom. The van der Waals surface area contributed by atoms with Crippen molar-refractivity contribution >= 4 is 11.9 Å². The summed E-state index contributed by atoms with van der Waals surface area (Å²) in [5, 5.41) is 0. The zero-order chi connectivity index (χ0) is 35.0. The maximum absolute atomic E-state index is 12.5. The molecule has 0 heterocycles. The van der Waals surface area contributed by atoms with Crippen LogP contribution in [-0.4, -0.2) is 37.9 Å². The van der Waals surface area contributed by atoms with Crippen LogP contribution >= 0.6 is 0 Å². The molecule has 0 aliphatic heterocycles. The standard InChI is InChI=1S/C43H74O5/c1-4-7-10-13-15-17-19-21-23-25-27-29-32-35-38-46-39-41(48-43(45)37-34-30-12-9-6-3)40-47-42(44)36-33-31-28-26-24-22-20-18-16-14-11-8-5-2/h8,11,16-19,22,24,28,31,41H,4-7,9-10,12-15,20-21,23,25-27,29-30,32-40H2,1-3H3/b11-8-,18-16-,19-17-,24-22-,31-28-. The third-order valence-electron chi connectivity index (χ3n) is 8.05. The Morgan fingerprint density at radius 3 is 1.60 bits per heavy atom. The van der Waals surface area contributed by atoms with Crippen molar-refractivity contribution in [1.82, 2.24) is 0 Å². The zero-order valence-electron chi connectivity index (χ0n) is 31.5. The number of unbranched alkanes of at least 4 members (excludes halogenated alkanes) is 14. The Hall–Kier alpha value is -2.40. The summed E-state index contributed by atoms with van der Waals surface area (Å²) >= 11 is 0. The number of hydrogen-bond acceptors (Lipinski definition) is 5. The summed E-state index contributed by atoms with van der Waals surface area (Å²) in [6.45, 7) is 7.51. The molecule has 5 heteroatoms. The van der Waals surface area contributed by atoms with Crippen LogP contribution < -0.4 is 0 Å². The van der Waals surface area contributed by atoms with Gasteiger partial charge in [-0.15, -0.1) is 0 Å². The fourth-order valence-corrected chi connectivity index (χ4v) is 5.10. The highest BCUT2D eigenvalue weighted by Crippen LogP contribution is 2.11. The lowest BCUT2D eigenvalue weighted by molar-refractivity contribution is -0.162. The molecule has 0 spiro atoms. The van der Waals surface area contributed by atoms with E-state index in [4.69, 9.17) is 14.2 Å². The number of hydrogen-bond donors (Lipinski definition) is 0.